The van der Waals surface area contributed by atoms with E-state index in [0.29, 0.717) is 37.7 Å². The number of allylic oxidation sites excluding steroid dienone is 1. The number of fused-ring (bicyclic) bond motifs is 1. The zero-order valence-electron chi connectivity index (χ0n) is 23.3. The minimum Gasteiger partial charge on any atom is -0.468 e. The number of aliphatic hydroxyl groups is 1. The fourth-order valence-corrected chi connectivity index (χ4v) is 7.09. The van der Waals surface area contributed by atoms with Crippen LogP contribution in [0.15, 0.2) is 21.4 Å². The number of rotatable bonds is 9. The summed E-state index contributed by atoms with van der Waals surface area (Å²) in [4.78, 5) is 37.3. The lowest BCUT2D eigenvalue weighted by atomic mass is 9.45. The lowest BCUT2D eigenvalue weighted by molar-refractivity contribution is -0.171. The Bertz CT molecular complexity index is 1100. The molecule has 37 heavy (non-hydrogen) atoms. The first-order chi connectivity index (χ1) is 17.2. The molecule has 206 valence electrons. The molecule has 1 heterocycles. The molecule has 0 unspecified atom stereocenters. The molecule has 1 N–H and O–H groups in total. The number of carbonyl (C=O) groups excluding carboxylic acids is 2. The predicted molar refractivity (Wildman–Crippen MR) is 139 cm³/mol. The monoisotopic (exact) mass is 518 g/mol. The summed E-state index contributed by atoms with van der Waals surface area (Å²) in [6, 6.07) is 0. The number of carbonyl (C=O) groups is 2. The van der Waals surface area contributed by atoms with Crippen molar-refractivity contribution in [2.24, 2.45) is 22.7 Å². The van der Waals surface area contributed by atoms with Gasteiger partial charge in [0.15, 0.2) is 0 Å². The molecule has 1 aromatic rings. The molecule has 0 aromatic carbocycles. The van der Waals surface area contributed by atoms with Gasteiger partial charge in [-0.2, -0.15) is 0 Å². The largest absolute Gasteiger partial charge is 0.468 e. The van der Waals surface area contributed by atoms with Crippen molar-refractivity contribution in [3.8, 4) is 5.95 Å². The van der Waals surface area contributed by atoms with E-state index in [1.807, 2.05) is 0 Å². The van der Waals surface area contributed by atoms with E-state index < -0.39 is 17.0 Å². The highest BCUT2D eigenvalue weighted by Crippen LogP contribution is 2.63. The fraction of sp³-hybridized carbons (Fsp3) is 0.690. The van der Waals surface area contributed by atoms with Gasteiger partial charge in [0.2, 0.25) is 5.43 Å². The summed E-state index contributed by atoms with van der Waals surface area (Å²) in [6.45, 7) is 14.5. The molecule has 8 nitrogen and oxygen atoms in total. The standard InChI is InChI=1S/C29H42O8/c1-17-9-10-21-28(5,12-11-22(36-16-30)29(21,6)14-13-27(3,4)33)20(17)15-19-24(31)23(25(32)34-7)18(2)37-26(19)35-8/h16,20-22,33H,1,9-15H2,2-8H3/t20-,21+,22-,28-,29+/m0/s1. The number of ether oxygens (including phenoxy) is 3. The molecule has 0 amide bonds. The van der Waals surface area contributed by atoms with Gasteiger partial charge in [0.25, 0.3) is 12.4 Å². The van der Waals surface area contributed by atoms with Gasteiger partial charge in [-0.25, -0.2) is 4.79 Å². The molecule has 2 aliphatic rings. The van der Waals surface area contributed by atoms with Gasteiger partial charge in [0, 0.05) is 5.41 Å². The third kappa shape index (κ3) is 5.35. The van der Waals surface area contributed by atoms with Crippen LogP contribution in [0.25, 0.3) is 0 Å². The third-order valence-electron chi connectivity index (χ3n) is 9.14. The quantitative estimate of drug-likeness (QED) is 0.283. The first-order valence-corrected chi connectivity index (χ1v) is 13.0. The summed E-state index contributed by atoms with van der Waals surface area (Å²) < 4.78 is 21.7. The van der Waals surface area contributed by atoms with Crippen LogP contribution in [0.5, 0.6) is 5.95 Å². The van der Waals surface area contributed by atoms with Crippen LogP contribution < -0.4 is 10.2 Å². The number of hydrogen-bond acceptors (Lipinski definition) is 8. The van der Waals surface area contributed by atoms with Crippen LogP contribution in [0, 0.1) is 29.6 Å². The SMILES string of the molecule is C=C1CC[C@H]2[C@@](C)(CCC(C)(C)O)[C@@H](OC=O)CC[C@@]2(C)[C@H]1Cc1c(OC)oc(C)c(C(=O)OC)c1=O. The normalized spacial score (nSPS) is 29.8. The molecule has 0 radical (unpaired) electrons. The van der Waals surface area contributed by atoms with E-state index >= 15 is 0 Å². The van der Waals surface area contributed by atoms with E-state index in [2.05, 4.69) is 20.4 Å². The zero-order chi connectivity index (χ0) is 27.8. The summed E-state index contributed by atoms with van der Waals surface area (Å²) in [6.07, 6.45) is 4.40. The molecule has 1 aromatic heterocycles. The van der Waals surface area contributed by atoms with Crippen LogP contribution in [-0.4, -0.2) is 43.5 Å². The molecule has 0 saturated heterocycles. The Morgan fingerprint density at radius 3 is 2.51 bits per heavy atom. The van der Waals surface area contributed by atoms with Gasteiger partial charge in [-0.05, 0) is 83.0 Å². The second-order valence-electron chi connectivity index (χ2n) is 11.9. The maximum Gasteiger partial charge on any atom is 0.345 e. The van der Waals surface area contributed by atoms with Gasteiger partial charge in [-0.15, -0.1) is 0 Å². The van der Waals surface area contributed by atoms with Crippen molar-refractivity contribution in [2.45, 2.75) is 91.3 Å². The van der Waals surface area contributed by atoms with Gasteiger partial charge in [0.1, 0.15) is 17.4 Å². The molecule has 2 saturated carbocycles. The predicted octanol–water partition coefficient (Wildman–Crippen LogP) is 4.77. The highest BCUT2D eigenvalue weighted by molar-refractivity contribution is 5.90. The van der Waals surface area contributed by atoms with E-state index in [0.717, 1.165) is 24.8 Å². The van der Waals surface area contributed by atoms with Gasteiger partial charge in [-0.1, -0.05) is 26.0 Å². The van der Waals surface area contributed by atoms with Gasteiger partial charge in [-0.3, -0.25) is 9.59 Å². The molecular weight excluding hydrogens is 476 g/mol. The van der Waals surface area contributed by atoms with Crippen molar-refractivity contribution in [3.63, 3.8) is 0 Å². The van der Waals surface area contributed by atoms with Crippen LogP contribution in [0.2, 0.25) is 0 Å². The maximum absolute atomic E-state index is 13.5. The molecule has 8 heteroatoms. The minimum absolute atomic E-state index is 0.0881. The summed E-state index contributed by atoms with van der Waals surface area (Å²) >= 11 is 0. The molecule has 2 aliphatic carbocycles. The highest BCUT2D eigenvalue weighted by Gasteiger charge is 2.59. The van der Waals surface area contributed by atoms with Crippen LogP contribution in [0.3, 0.4) is 0 Å². The molecule has 3 rings (SSSR count). The number of esters is 1. The molecular formula is C29H42O8. The lowest BCUT2D eigenvalue weighted by Gasteiger charge is -2.61. The van der Waals surface area contributed by atoms with Gasteiger partial charge >= 0.3 is 5.97 Å². The Balaban J connectivity index is 2.09. The Morgan fingerprint density at radius 2 is 1.95 bits per heavy atom. The Morgan fingerprint density at radius 1 is 1.27 bits per heavy atom. The third-order valence-corrected chi connectivity index (χ3v) is 9.14. The van der Waals surface area contributed by atoms with Crippen molar-refractivity contribution < 1.29 is 33.3 Å². The van der Waals surface area contributed by atoms with Gasteiger partial charge < -0.3 is 23.7 Å². The van der Waals surface area contributed by atoms with Gasteiger partial charge in [0.05, 0.1) is 25.4 Å². The van der Waals surface area contributed by atoms with E-state index in [1.54, 1.807) is 20.8 Å². The van der Waals surface area contributed by atoms with Crippen LogP contribution >= 0.6 is 0 Å². The van der Waals surface area contributed by atoms with E-state index in [9.17, 15) is 19.5 Å². The topological polar surface area (TPSA) is 112 Å². The van der Waals surface area contributed by atoms with Crippen LogP contribution in [0.1, 0.15) is 87.9 Å². The number of hydrogen-bond donors (Lipinski definition) is 1. The maximum atomic E-state index is 13.5. The van der Waals surface area contributed by atoms with Crippen molar-refractivity contribution in [2.75, 3.05) is 14.2 Å². The average Bonchev–Trinajstić information content (AvgIpc) is 2.82. The highest BCUT2D eigenvalue weighted by atomic mass is 16.6. The molecule has 0 spiro atoms. The summed E-state index contributed by atoms with van der Waals surface area (Å²) in [7, 11) is 2.67. The lowest BCUT2D eigenvalue weighted by Crippen LogP contribution is -2.57. The molecule has 5 atom stereocenters. The minimum atomic E-state index is -0.848. The summed E-state index contributed by atoms with van der Waals surface area (Å²) in [5, 5.41) is 10.5. The van der Waals surface area contributed by atoms with Crippen molar-refractivity contribution in [1.82, 2.24) is 0 Å². The first kappa shape index (κ1) is 29.0. The second kappa shape index (κ2) is 10.6. The van der Waals surface area contributed by atoms with Crippen molar-refractivity contribution in [3.05, 3.63) is 39.3 Å². The van der Waals surface area contributed by atoms with E-state index in [1.165, 1.54) is 14.2 Å². The average molecular weight is 519 g/mol. The summed E-state index contributed by atoms with van der Waals surface area (Å²) in [5.74, 6) is -0.436. The molecule has 0 aliphatic heterocycles. The van der Waals surface area contributed by atoms with E-state index in [-0.39, 0.29) is 46.0 Å². The smallest absolute Gasteiger partial charge is 0.345 e. The molecule has 2 fully saturated rings. The first-order valence-electron chi connectivity index (χ1n) is 13.0. The van der Waals surface area contributed by atoms with Crippen molar-refractivity contribution in [1.29, 1.82) is 0 Å². The van der Waals surface area contributed by atoms with Crippen molar-refractivity contribution >= 4 is 12.4 Å². The Hall–Kier alpha value is -2.61. The Labute approximate surface area is 219 Å². The zero-order valence-corrected chi connectivity index (χ0v) is 23.3. The number of aryl methyl sites for hydroxylation is 1. The fourth-order valence-electron chi connectivity index (χ4n) is 7.09. The second-order valence-corrected chi connectivity index (χ2v) is 11.9. The van der Waals surface area contributed by atoms with Crippen LogP contribution in [0.4, 0.5) is 0 Å². The number of methoxy groups -OCH3 is 2. The Kier molecular flexibility index (Phi) is 8.32. The van der Waals surface area contributed by atoms with E-state index in [4.69, 9.17) is 18.6 Å². The van der Waals surface area contributed by atoms with Crippen LogP contribution in [-0.2, 0) is 20.7 Å². The summed E-state index contributed by atoms with van der Waals surface area (Å²) in [5.41, 5.74) is -0.718. The molecule has 0 bridgehead atoms.